The zero-order valence-electron chi connectivity index (χ0n) is 16.7. The van der Waals surface area contributed by atoms with Gasteiger partial charge in [-0.05, 0) is 48.0 Å². The van der Waals surface area contributed by atoms with Crippen LogP contribution >= 0.6 is 0 Å². The van der Waals surface area contributed by atoms with Crippen LogP contribution < -0.4 is 16.0 Å². The van der Waals surface area contributed by atoms with Gasteiger partial charge in [-0.2, -0.15) is 0 Å². The Hall–Kier alpha value is -3.64. The highest BCUT2D eigenvalue weighted by atomic mass is 19.1. The maximum atomic E-state index is 13.7. The van der Waals surface area contributed by atoms with Gasteiger partial charge in [0.2, 0.25) is 0 Å². The van der Waals surface area contributed by atoms with Gasteiger partial charge in [0.05, 0.1) is 0 Å². The molecule has 1 heterocycles. The normalized spacial score (nSPS) is 10.9. The van der Waals surface area contributed by atoms with Crippen LogP contribution in [-0.4, -0.2) is 10.6 Å². The van der Waals surface area contributed by atoms with Gasteiger partial charge < -0.3 is 20.5 Å². The SMILES string of the molecule is Cn1ccc2cc(NC(=O)Nc3cccc(CNCc4ccccc4F)c3)ccc21. The molecule has 0 spiro atoms. The second kappa shape index (κ2) is 8.80. The van der Waals surface area contributed by atoms with Crippen molar-refractivity contribution in [2.75, 3.05) is 10.6 Å². The van der Waals surface area contributed by atoms with Gasteiger partial charge in [0.1, 0.15) is 5.82 Å². The Morgan fingerprint density at radius 1 is 0.900 bits per heavy atom. The summed E-state index contributed by atoms with van der Waals surface area (Å²) >= 11 is 0. The van der Waals surface area contributed by atoms with Crippen molar-refractivity contribution in [2.45, 2.75) is 13.1 Å². The van der Waals surface area contributed by atoms with Crippen molar-refractivity contribution < 1.29 is 9.18 Å². The van der Waals surface area contributed by atoms with Gasteiger partial charge >= 0.3 is 6.03 Å². The van der Waals surface area contributed by atoms with Gasteiger partial charge in [-0.3, -0.25) is 0 Å². The highest BCUT2D eigenvalue weighted by Crippen LogP contribution is 2.20. The van der Waals surface area contributed by atoms with Gasteiger partial charge in [0.15, 0.2) is 0 Å². The summed E-state index contributed by atoms with van der Waals surface area (Å²) in [6, 6.07) is 21.8. The second-order valence-electron chi connectivity index (χ2n) is 7.17. The highest BCUT2D eigenvalue weighted by Gasteiger charge is 2.06. The van der Waals surface area contributed by atoms with E-state index in [1.54, 1.807) is 12.1 Å². The Kier molecular flexibility index (Phi) is 5.77. The number of benzene rings is 3. The number of aryl methyl sites for hydroxylation is 1. The molecule has 3 aromatic carbocycles. The first-order valence-corrected chi connectivity index (χ1v) is 9.75. The molecule has 4 aromatic rings. The molecule has 6 heteroatoms. The lowest BCUT2D eigenvalue weighted by atomic mass is 10.2. The predicted octanol–water partition coefficient (Wildman–Crippen LogP) is 5.25. The molecule has 0 bridgehead atoms. The number of anilines is 2. The fourth-order valence-corrected chi connectivity index (χ4v) is 3.40. The van der Waals surface area contributed by atoms with Crippen LogP contribution in [0.25, 0.3) is 10.9 Å². The fraction of sp³-hybridized carbons (Fsp3) is 0.125. The van der Waals surface area contributed by atoms with Crippen molar-refractivity contribution in [3.8, 4) is 0 Å². The topological polar surface area (TPSA) is 58.1 Å². The molecule has 0 aliphatic carbocycles. The minimum Gasteiger partial charge on any atom is -0.351 e. The third-order valence-corrected chi connectivity index (χ3v) is 4.93. The average molecular weight is 402 g/mol. The second-order valence-corrected chi connectivity index (χ2v) is 7.17. The van der Waals surface area contributed by atoms with E-state index < -0.39 is 0 Å². The molecule has 2 amide bonds. The molecule has 0 unspecified atom stereocenters. The van der Waals surface area contributed by atoms with Crippen molar-refractivity contribution in [1.82, 2.24) is 9.88 Å². The zero-order chi connectivity index (χ0) is 20.9. The number of carbonyl (C=O) groups is 1. The number of carbonyl (C=O) groups excluding carboxylic acids is 1. The van der Waals surface area contributed by atoms with E-state index in [4.69, 9.17) is 0 Å². The summed E-state index contributed by atoms with van der Waals surface area (Å²) in [4.78, 5) is 12.4. The van der Waals surface area contributed by atoms with Gasteiger partial charge in [0, 0.05) is 54.2 Å². The number of rotatable bonds is 6. The molecule has 0 aliphatic heterocycles. The summed E-state index contributed by atoms with van der Waals surface area (Å²) in [6.07, 6.45) is 1.99. The Morgan fingerprint density at radius 3 is 2.53 bits per heavy atom. The minimum atomic E-state index is -0.304. The molecule has 0 aliphatic rings. The van der Waals surface area contributed by atoms with Crippen LogP contribution in [0, 0.1) is 5.82 Å². The quantitative estimate of drug-likeness (QED) is 0.412. The Balaban J connectivity index is 1.33. The average Bonchev–Trinajstić information content (AvgIpc) is 3.10. The van der Waals surface area contributed by atoms with E-state index in [1.807, 2.05) is 72.4 Å². The van der Waals surface area contributed by atoms with Crippen molar-refractivity contribution >= 4 is 28.3 Å². The van der Waals surface area contributed by atoms with Crippen LogP contribution in [0.4, 0.5) is 20.6 Å². The molecule has 0 fully saturated rings. The van der Waals surface area contributed by atoms with Crippen molar-refractivity contribution in [3.63, 3.8) is 0 Å². The Morgan fingerprint density at radius 2 is 1.70 bits per heavy atom. The molecule has 152 valence electrons. The molecule has 0 saturated heterocycles. The number of hydrogen-bond acceptors (Lipinski definition) is 2. The standard InChI is InChI=1S/C24H23FN4O/c1-29-12-11-18-14-21(9-10-23(18)29)28-24(30)27-20-7-4-5-17(13-20)15-26-16-19-6-2-3-8-22(19)25/h2-14,26H,15-16H2,1H3,(H2,27,28,30). The van der Waals surface area contributed by atoms with Gasteiger partial charge in [-0.15, -0.1) is 0 Å². The van der Waals surface area contributed by atoms with E-state index in [0.717, 1.165) is 22.2 Å². The molecule has 0 atom stereocenters. The lowest BCUT2D eigenvalue weighted by Crippen LogP contribution is -2.19. The monoisotopic (exact) mass is 402 g/mol. The largest absolute Gasteiger partial charge is 0.351 e. The molecular formula is C24H23FN4O. The number of halogens is 1. The molecule has 1 aromatic heterocycles. The number of urea groups is 1. The van der Waals surface area contributed by atoms with Gasteiger partial charge in [-0.1, -0.05) is 30.3 Å². The van der Waals surface area contributed by atoms with Crippen LogP contribution in [-0.2, 0) is 20.1 Å². The van der Waals surface area contributed by atoms with E-state index in [9.17, 15) is 9.18 Å². The number of nitrogens with one attached hydrogen (secondary N) is 3. The summed E-state index contributed by atoms with van der Waals surface area (Å²) < 4.78 is 15.7. The molecule has 5 nitrogen and oxygen atoms in total. The summed E-state index contributed by atoms with van der Waals surface area (Å²) in [5.74, 6) is -0.217. The van der Waals surface area contributed by atoms with E-state index in [2.05, 4.69) is 16.0 Å². The first-order valence-electron chi connectivity index (χ1n) is 9.75. The van der Waals surface area contributed by atoms with Crippen LogP contribution in [0.5, 0.6) is 0 Å². The minimum absolute atomic E-state index is 0.217. The number of amides is 2. The van der Waals surface area contributed by atoms with E-state index >= 15 is 0 Å². The lowest BCUT2D eigenvalue weighted by Gasteiger charge is -2.10. The predicted molar refractivity (Wildman–Crippen MR) is 119 cm³/mol. The molecule has 4 rings (SSSR count). The number of aromatic nitrogens is 1. The van der Waals surface area contributed by atoms with E-state index in [-0.39, 0.29) is 11.8 Å². The zero-order valence-corrected chi connectivity index (χ0v) is 16.7. The Bertz CT molecular complexity index is 1180. The summed E-state index contributed by atoms with van der Waals surface area (Å²) in [6.45, 7) is 1.00. The maximum absolute atomic E-state index is 13.7. The first-order chi connectivity index (χ1) is 14.6. The van der Waals surface area contributed by atoms with Gasteiger partial charge in [-0.25, -0.2) is 9.18 Å². The number of hydrogen-bond donors (Lipinski definition) is 3. The first kappa shape index (κ1) is 19.7. The van der Waals surface area contributed by atoms with Crippen LogP contribution in [0.15, 0.2) is 79.0 Å². The molecule has 0 radical (unpaired) electrons. The lowest BCUT2D eigenvalue weighted by molar-refractivity contribution is 0.262. The summed E-state index contributed by atoms with van der Waals surface area (Å²) in [7, 11) is 1.99. The number of fused-ring (bicyclic) bond motifs is 1. The molecular weight excluding hydrogens is 379 g/mol. The summed E-state index contributed by atoms with van der Waals surface area (Å²) in [5.41, 5.74) is 4.15. The molecule has 0 saturated carbocycles. The third-order valence-electron chi connectivity index (χ3n) is 4.93. The van der Waals surface area contributed by atoms with Crippen LogP contribution in [0.1, 0.15) is 11.1 Å². The molecule has 3 N–H and O–H groups in total. The van der Waals surface area contributed by atoms with E-state index in [1.165, 1.54) is 6.07 Å². The number of nitrogens with zero attached hydrogens (tertiary/aromatic N) is 1. The third kappa shape index (κ3) is 4.67. The van der Waals surface area contributed by atoms with Crippen molar-refractivity contribution in [1.29, 1.82) is 0 Å². The molecule has 30 heavy (non-hydrogen) atoms. The Labute approximate surface area is 174 Å². The fourth-order valence-electron chi connectivity index (χ4n) is 3.40. The summed E-state index contributed by atoms with van der Waals surface area (Å²) in [5, 5.41) is 10.0. The van der Waals surface area contributed by atoms with Crippen LogP contribution in [0.3, 0.4) is 0 Å². The van der Waals surface area contributed by atoms with Crippen LogP contribution in [0.2, 0.25) is 0 Å². The highest BCUT2D eigenvalue weighted by molar-refractivity contribution is 6.01. The maximum Gasteiger partial charge on any atom is 0.323 e. The van der Waals surface area contributed by atoms with Gasteiger partial charge in [0.25, 0.3) is 0 Å². The smallest absolute Gasteiger partial charge is 0.323 e. The van der Waals surface area contributed by atoms with Crippen molar-refractivity contribution in [2.24, 2.45) is 7.05 Å². The van der Waals surface area contributed by atoms with Crippen molar-refractivity contribution in [3.05, 3.63) is 95.9 Å². The van der Waals surface area contributed by atoms with E-state index in [0.29, 0.717) is 24.3 Å².